The summed E-state index contributed by atoms with van der Waals surface area (Å²) in [4.78, 5) is 25.6. The summed E-state index contributed by atoms with van der Waals surface area (Å²) >= 11 is 1.43. The first kappa shape index (κ1) is 19.9. The highest BCUT2D eigenvalue weighted by Crippen LogP contribution is 2.38. The van der Waals surface area contributed by atoms with Crippen molar-refractivity contribution in [3.05, 3.63) is 45.8 Å². The number of thiophene rings is 1. The lowest BCUT2D eigenvalue weighted by molar-refractivity contribution is 0.0601. The van der Waals surface area contributed by atoms with Crippen LogP contribution in [0.25, 0.3) is 0 Å². The van der Waals surface area contributed by atoms with Crippen molar-refractivity contribution in [2.45, 2.75) is 32.6 Å². The second-order valence-electron chi connectivity index (χ2n) is 6.23. The quantitative estimate of drug-likeness (QED) is 0.435. The highest BCUT2D eigenvalue weighted by atomic mass is 32.1. The first-order chi connectivity index (χ1) is 13.6. The Hall–Kier alpha value is -2.87. The highest BCUT2D eigenvalue weighted by molar-refractivity contribution is 7.17. The average Bonchev–Trinajstić information content (AvgIpc) is 3.06. The number of hydrogen-bond donors (Lipinski definition) is 2. The maximum absolute atomic E-state index is 12.2. The number of nitrogens with zero attached hydrogens (tertiary/aromatic N) is 1. The van der Waals surface area contributed by atoms with E-state index in [0.29, 0.717) is 17.2 Å². The molecule has 0 unspecified atom stereocenters. The number of nitrogens with one attached hydrogen (secondary N) is 2. The maximum Gasteiger partial charge on any atom is 0.341 e. The first-order valence-corrected chi connectivity index (χ1v) is 9.99. The Balaban J connectivity index is 1.64. The zero-order valence-electron chi connectivity index (χ0n) is 15.9. The molecule has 0 aliphatic heterocycles. The number of carbonyl (C=O) groups is 2. The van der Waals surface area contributed by atoms with Crippen molar-refractivity contribution in [1.82, 2.24) is 5.43 Å². The van der Waals surface area contributed by atoms with Gasteiger partial charge in [0.25, 0.3) is 0 Å². The third kappa shape index (κ3) is 4.69. The number of ether oxygens (including phenoxy) is 2. The molecular weight excluding hydrogens is 378 g/mol. The van der Waals surface area contributed by atoms with E-state index in [1.165, 1.54) is 24.7 Å². The molecule has 0 fully saturated rings. The van der Waals surface area contributed by atoms with E-state index >= 15 is 0 Å². The van der Waals surface area contributed by atoms with E-state index in [4.69, 9.17) is 9.47 Å². The number of hydrogen-bond acceptors (Lipinski definition) is 6. The molecule has 1 aliphatic carbocycles. The molecule has 28 heavy (non-hydrogen) atoms. The van der Waals surface area contributed by atoms with Gasteiger partial charge in [0, 0.05) is 4.88 Å². The normalized spacial score (nSPS) is 13.1. The van der Waals surface area contributed by atoms with Gasteiger partial charge in [-0.3, -0.25) is 5.32 Å². The van der Waals surface area contributed by atoms with Crippen LogP contribution in [0.3, 0.4) is 0 Å². The fourth-order valence-corrected chi connectivity index (χ4v) is 4.36. The SMILES string of the molecule is CCOc1ccc(C=NNC(=O)Nc2sc3c(c2C(=O)OC)CCCC3)cc1. The van der Waals surface area contributed by atoms with Gasteiger partial charge in [0.05, 0.1) is 25.5 Å². The lowest BCUT2D eigenvalue weighted by atomic mass is 9.95. The molecular formula is C20H23N3O4S. The van der Waals surface area contributed by atoms with Gasteiger partial charge in [-0.2, -0.15) is 5.10 Å². The van der Waals surface area contributed by atoms with Crippen LogP contribution in [0, 0.1) is 0 Å². The van der Waals surface area contributed by atoms with Gasteiger partial charge >= 0.3 is 12.0 Å². The van der Waals surface area contributed by atoms with Gasteiger partial charge in [-0.25, -0.2) is 15.0 Å². The van der Waals surface area contributed by atoms with Crippen LogP contribution < -0.4 is 15.5 Å². The zero-order chi connectivity index (χ0) is 19.9. The summed E-state index contributed by atoms with van der Waals surface area (Å²) in [5, 5.41) is 7.19. The van der Waals surface area contributed by atoms with Crippen LogP contribution in [0.1, 0.15) is 46.1 Å². The molecule has 0 atom stereocenters. The van der Waals surface area contributed by atoms with Crippen molar-refractivity contribution in [1.29, 1.82) is 0 Å². The molecule has 2 aromatic rings. The monoisotopic (exact) mass is 401 g/mol. The number of benzene rings is 1. The largest absolute Gasteiger partial charge is 0.494 e. The molecule has 1 aliphatic rings. The van der Waals surface area contributed by atoms with E-state index < -0.39 is 12.0 Å². The van der Waals surface area contributed by atoms with Crippen LogP contribution in [0.15, 0.2) is 29.4 Å². The second kappa shape index (κ2) is 9.36. The molecule has 1 aromatic carbocycles. The third-order valence-corrected chi connectivity index (χ3v) is 5.57. The van der Waals surface area contributed by atoms with E-state index in [-0.39, 0.29) is 0 Å². The molecule has 148 valence electrons. The van der Waals surface area contributed by atoms with Crippen molar-refractivity contribution in [2.24, 2.45) is 5.10 Å². The zero-order valence-corrected chi connectivity index (χ0v) is 16.7. The highest BCUT2D eigenvalue weighted by Gasteiger charge is 2.26. The third-order valence-electron chi connectivity index (χ3n) is 4.36. The van der Waals surface area contributed by atoms with E-state index in [9.17, 15) is 9.59 Å². The smallest absolute Gasteiger partial charge is 0.341 e. The summed E-state index contributed by atoms with van der Waals surface area (Å²) in [6.45, 7) is 2.53. The molecule has 3 rings (SSSR count). The van der Waals surface area contributed by atoms with Crippen molar-refractivity contribution in [2.75, 3.05) is 19.0 Å². The summed E-state index contributed by atoms with van der Waals surface area (Å²) in [6, 6.07) is 6.85. The number of carbonyl (C=O) groups excluding carboxylic acids is 2. The van der Waals surface area contributed by atoms with Gasteiger partial charge in [0.2, 0.25) is 0 Å². The maximum atomic E-state index is 12.2. The number of amides is 2. The molecule has 0 bridgehead atoms. The van der Waals surface area contributed by atoms with Crippen LogP contribution in [0.4, 0.5) is 9.80 Å². The Kier molecular flexibility index (Phi) is 6.65. The van der Waals surface area contributed by atoms with Gasteiger partial charge in [-0.1, -0.05) is 0 Å². The second-order valence-corrected chi connectivity index (χ2v) is 7.34. The number of fused-ring (bicyclic) bond motifs is 1. The number of methoxy groups -OCH3 is 1. The molecule has 2 N–H and O–H groups in total. The molecule has 0 radical (unpaired) electrons. The van der Waals surface area contributed by atoms with Crippen LogP contribution in [0.5, 0.6) is 5.75 Å². The predicted molar refractivity (Wildman–Crippen MR) is 110 cm³/mol. The molecule has 1 heterocycles. The summed E-state index contributed by atoms with van der Waals surface area (Å²) in [6.07, 6.45) is 5.41. The first-order valence-electron chi connectivity index (χ1n) is 9.18. The number of urea groups is 1. The summed E-state index contributed by atoms with van der Waals surface area (Å²) in [5.41, 5.74) is 4.71. The number of rotatable bonds is 6. The minimum Gasteiger partial charge on any atom is -0.494 e. The molecule has 8 heteroatoms. The van der Waals surface area contributed by atoms with Gasteiger partial charge in [0.1, 0.15) is 10.8 Å². The van der Waals surface area contributed by atoms with Crippen LogP contribution in [0.2, 0.25) is 0 Å². The van der Waals surface area contributed by atoms with Gasteiger partial charge in [0.15, 0.2) is 0 Å². The Morgan fingerprint density at radius 3 is 2.68 bits per heavy atom. The van der Waals surface area contributed by atoms with Crippen molar-refractivity contribution in [3.63, 3.8) is 0 Å². The molecule has 7 nitrogen and oxygen atoms in total. The molecule has 0 spiro atoms. The average molecular weight is 401 g/mol. The Morgan fingerprint density at radius 2 is 1.96 bits per heavy atom. The van der Waals surface area contributed by atoms with E-state index in [1.807, 2.05) is 31.2 Å². The van der Waals surface area contributed by atoms with Crippen LogP contribution >= 0.6 is 11.3 Å². The Morgan fingerprint density at radius 1 is 1.21 bits per heavy atom. The predicted octanol–water partition coefficient (Wildman–Crippen LogP) is 3.97. The van der Waals surface area contributed by atoms with E-state index in [2.05, 4.69) is 15.8 Å². The van der Waals surface area contributed by atoms with Crippen LogP contribution in [-0.2, 0) is 17.6 Å². The van der Waals surface area contributed by atoms with Crippen molar-refractivity contribution < 1.29 is 19.1 Å². The number of anilines is 1. The molecule has 0 saturated carbocycles. The molecule has 2 amide bonds. The lowest BCUT2D eigenvalue weighted by Crippen LogP contribution is -2.24. The molecule has 1 aromatic heterocycles. The van der Waals surface area contributed by atoms with E-state index in [0.717, 1.165) is 47.4 Å². The molecule has 0 saturated heterocycles. The summed E-state index contributed by atoms with van der Waals surface area (Å²) in [7, 11) is 1.35. The minimum absolute atomic E-state index is 0.424. The minimum atomic E-state index is -0.508. The lowest BCUT2D eigenvalue weighted by Gasteiger charge is -2.11. The Bertz CT molecular complexity index is 874. The van der Waals surface area contributed by atoms with Gasteiger partial charge in [-0.05, 0) is 68.0 Å². The standard InChI is InChI=1S/C20H23N3O4S/c1-3-27-14-10-8-13(9-11-14)12-21-23-20(25)22-18-17(19(24)26-2)15-6-4-5-7-16(15)28-18/h8-12H,3-7H2,1-2H3,(H2,22,23,25). The fourth-order valence-electron chi connectivity index (χ4n) is 3.09. The van der Waals surface area contributed by atoms with Crippen molar-refractivity contribution in [3.8, 4) is 5.75 Å². The number of hydrazone groups is 1. The van der Waals surface area contributed by atoms with Crippen molar-refractivity contribution >= 4 is 34.6 Å². The topological polar surface area (TPSA) is 89.0 Å². The number of esters is 1. The number of aryl methyl sites for hydroxylation is 1. The summed E-state index contributed by atoms with van der Waals surface area (Å²) in [5.74, 6) is 0.356. The van der Waals surface area contributed by atoms with Crippen LogP contribution in [-0.4, -0.2) is 31.9 Å². The van der Waals surface area contributed by atoms with Gasteiger partial charge in [-0.15, -0.1) is 11.3 Å². The van der Waals surface area contributed by atoms with Gasteiger partial charge < -0.3 is 9.47 Å². The summed E-state index contributed by atoms with van der Waals surface area (Å²) < 4.78 is 10.3. The fraction of sp³-hybridized carbons (Fsp3) is 0.350. The Labute approximate surface area is 167 Å². The van der Waals surface area contributed by atoms with E-state index in [1.54, 1.807) is 0 Å².